The van der Waals surface area contributed by atoms with Gasteiger partial charge in [-0.15, -0.1) is 0 Å². The molecule has 0 fully saturated rings. The first-order valence-electron chi connectivity index (χ1n) is 5.20. The minimum absolute atomic E-state index is 0.0380. The van der Waals surface area contributed by atoms with Gasteiger partial charge >= 0.3 is 5.97 Å². The number of phenolic OH excluding ortho intramolecular Hbond substituents is 1. The zero-order valence-electron chi connectivity index (χ0n) is 9.89. The molecule has 0 amide bonds. The molecule has 2 aromatic rings. The van der Waals surface area contributed by atoms with Crippen LogP contribution in [0.25, 0.3) is 11.3 Å². The van der Waals surface area contributed by atoms with Crippen LogP contribution in [0.3, 0.4) is 0 Å². The molecule has 1 heterocycles. The van der Waals surface area contributed by atoms with Crippen molar-refractivity contribution < 1.29 is 19.7 Å². The topological polar surface area (TPSA) is 95.4 Å². The highest BCUT2D eigenvalue weighted by molar-refractivity contribution is 5.87. The van der Waals surface area contributed by atoms with Crippen LogP contribution in [0.2, 0.25) is 0 Å². The number of carboxylic acid groups (broad SMARTS) is 1. The normalized spacial score (nSPS) is 10.3. The van der Waals surface area contributed by atoms with Crippen LogP contribution in [-0.4, -0.2) is 33.5 Å². The molecule has 6 nitrogen and oxygen atoms in total. The highest BCUT2D eigenvalue weighted by Crippen LogP contribution is 2.38. The van der Waals surface area contributed by atoms with Gasteiger partial charge in [-0.05, 0) is 24.6 Å². The van der Waals surface area contributed by atoms with Gasteiger partial charge in [-0.25, -0.2) is 4.79 Å². The van der Waals surface area contributed by atoms with Crippen LogP contribution in [0.5, 0.6) is 11.5 Å². The van der Waals surface area contributed by atoms with Gasteiger partial charge in [0.2, 0.25) is 0 Å². The summed E-state index contributed by atoms with van der Waals surface area (Å²) in [7, 11) is 1.46. The van der Waals surface area contributed by atoms with Crippen LogP contribution in [0.4, 0.5) is 0 Å². The summed E-state index contributed by atoms with van der Waals surface area (Å²) in [6.07, 6.45) is 0. The Balaban J connectivity index is 2.53. The van der Waals surface area contributed by atoms with Crippen LogP contribution in [0.15, 0.2) is 18.2 Å². The molecule has 0 atom stereocenters. The number of aromatic carboxylic acids is 1. The van der Waals surface area contributed by atoms with E-state index in [1.54, 1.807) is 19.1 Å². The maximum absolute atomic E-state index is 10.7. The molecule has 0 aliphatic rings. The van der Waals surface area contributed by atoms with E-state index in [2.05, 4.69) is 10.2 Å². The molecule has 0 aliphatic heterocycles. The molecule has 0 aliphatic carbocycles. The van der Waals surface area contributed by atoms with Gasteiger partial charge in [-0.1, -0.05) is 6.07 Å². The maximum Gasteiger partial charge on any atom is 0.353 e. The van der Waals surface area contributed by atoms with Crippen LogP contribution in [0.1, 0.15) is 16.1 Å². The summed E-state index contributed by atoms with van der Waals surface area (Å²) in [6.45, 7) is 1.80. The van der Waals surface area contributed by atoms with E-state index in [4.69, 9.17) is 9.84 Å². The van der Waals surface area contributed by atoms with E-state index in [0.29, 0.717) is 17.0 Å². The summed E-state index contributed by atoms with van der Waals surface area (Å²) in [5, 5.41) is 25.1. The summed E-state index contributed by atoms with van der Waals surface area (Å²) in [5.74, 6) is -0.805. The molecule has 18 heavy (non-hydrogen) atoms. The predicted octanol–water partition coefficient (Wildman–Crippen LogP) is 1.80. The fourth-order valence-corrected chi connectivity index (χ4v) is 1.71. The van der Waals surface area contributed by atoms with Crippen molar-refractivity contribution in [1.29, 1.82) is 0 Å². The molecular formula is C12H12N2O4. The lowest BCUT2D eigenvalue weighted by molar-refractivity contribution is 0.0690. The lowest BCUT2D eigenvalue weighted by atomic mass is 10.1. The first kappa shape index (κ1) is 12.0. The number of aryl methyl sites for hydroxylation is 1. The molecule has 2 rings (SSSR count). The Hall–Kier alpha value is -2.50. The number of aromatic hydroxyl groups is 1. The number of nitrogens with one attached hydrogen (secondary N) is 1. The van der Waals surface area contributed by atoms with E-state index in [0.717, 1.165) is 5.56 Å². The van der Waals surface area contributed by atoms with Crippen molar-refractivity contribution in [1.82, 2.24) is 10.2 Å². The van der Waals surface area contributed by atoms with E-state index in [-0.39, 0.29) is 11.4 Å². The Kier molecular flexibility index (Phi) is 2.93. The lowest BCUT2D eigenvalue weighted by Crippen LogP contribution is -1.95. The van der Waals surface area contributed by atoms with E-state index < -0.39 is 5.97 Å². The van der Waals surface area contributed by atoms with Gasteiger partial charge in [0, 0.05) is 5.56 Å². The van der Waals surface area contributed by atoms with Crippen LogP contribution >= 0.6 is 0 Å². The molecule has 0 saturated heterocycles. The quantitative estimate of drug-likeness (QED) is 0.769. The monoisotopic (exact) mass is 248 g/mol. The molecule has 0 bridgehead atoms. The Morgan fingerprint density at radius 3 is 2.72 bits per heavy atom. The van der Waals surface area contributed by atoms with Crippen molar-refractivity contribution in [3.63, 3.8) is 0 Å². The SMILES string of the molecule is COc1c(C)ccc(-c2cc(C(=O)O)[nH]n2)c1O. The number of nitrogens with zero attached hydrogens (tertiary/aromatic N) is 1. The van der Waals surface area contributed by atoms with Gasteiger partial charge in [0.05, 0.1) is 12.8 Å². The fraction of sp³-hybridized carbons (Fsp3) is 0.167. The molecule has 0 unspecified atom stereocenters. The van der Waals surface area contributed by atoms with Gasteiger partial charge in [0.15, 0.2) is 11.5 Å². The van der Waals surface area contributed by atoms with Crippen LogP contribution < -0.4 is 4.74 Å². The summed E-state index contributed by atoms with van der Waals surface area (Å²) in [5.41, 5.74) is 1.51. The van der Waals surface area contributed by atoms with Crippen molar-refractivity contribution in [3.05, 3.63) is 29.5 Å². The lowest BCUT2D eigenvalue weighted by Gasteiger charge is -2.09. The Morgan fingerprint density at radius 1 is 1.44 bits per heavy atom. The van der Waals surface area contributed by atoms with Crippen molar-refractivity contribution >= 4 is 5.97 Å². The number of benzene rings is 1. The minimum atomic E-state index is -1.10. The Morgan fingerprint density at radius 2 is 2.17 bits per heavy atom. The first-order chi connectivity index (χ1) is 8.54. The number of hydrogen-bond donors (Lipinski definition) is 3. The third-order valence-corrected chi connectivity index (χ3v) is 2.62. The van der Waals surface area contributed by atoms with Crippen LogP contribution in [0, 0.1) is 6.92 Å². The number of carbonyl (C=O) groups is 1. The number of hydrogen-bond acceptors (Lipinski definition) is 4. The third kappa shape index (κ3) is 1.88. The molecule has 0 spiro atoms. The summed E-state index contributed by atoms with van der Waals surface area (Å²) >= 11 is 0. The zero-order chi connectivity index (χ0) is 13.3. The Labute approximate surface area is 103 Å². The van der Waals surface area contributed by atoms with Gasteiger partial charge in [0.25, 0.3) is 0 Å². The smallest absolute Gasteiger partial charge is 0.353 e. The molecule has 0 saturated carbocycles. The molecule has 1 aromatic carbocycles. The second-order valence-corrected chi connectivity index (χ2v) is 3.78. The zero-order valence-corrected chi connectivity index (χ0v) is 9.89. The largest absolute Gasteiger partial charge is 0.504 e. The van der Waals surface area contributed by atoms with E-state index in [1.165, 1.54) is 13.2 Å². The van der Waals surface area contributed by atoms with Gasteiger partial charge < -0.3 is 14.9 Å². The van der Waals surface area contributed by atoms with E-state index >= 15 is 0 Å². The fourth-order valence-electron chi connectivity index (χ4n) is 1.71. The maximum atomic E-state index is 10.7. The number of H-pyrrole nitrogens is 1. The average Bonchev–Trinajstić information content (AvgIpc) is 2.79. The molecule has 0 radical (unpaired) electrons. The highest BCUT2D eigenvalue weighted by Gasteiger charge is 2.16. The van der Waals surface area contributed by atoms with Crippen molar-refractivity contribution in [3.8, 4) is 22.8 Å². The first-order valence-corrected chi connectivity index (χ1v) is 5.20. The number of methoxy groups -OCH3 is 1. The molecule has 1 aromatic heterocycles. The number of carboxylic acids is 1. The van der Waals surface area contributed by atoms with Gasteiger partial charge in [-0.3, -0.25) is 5.10 Å². The second kappa shape index (κ2) is 4.40. The summed E-state index contributed by atoms with van der Waals surface area (Å²) < 4.78 is 5.09. The van der Waals surface area contributed by atoms with Crippen molar-refractivity contribution in [2.24, 2.45) is 0 Å². The Bertz CT molecular complexity index is 604. The molecular weight excluding hydrogens is 236 g/mol. The number of ether oxygens (including phenoxy) is 1. The number of aromatic amines is 1. The number of rotatable bonds is 3. The van der Waals surface area contributed by atoms with E-state index in [9.17, 15) is 9.90 Å². The highest BCUT2D eigenvalue weighted by atomic mass is 16.5. The number of aromatic nitrogens is 2. The predicted molar refractivity (Wildman–Crippen MR) is 63.9 cm³/mol. The van der Waals surface area contributed by atoms with Gasteiger partial charge in [-0.2, -0.15) is 5.10 Å². The molecule has 6 heteroatoms. The molecule has 3 N–H and O–H groups in total. The van der Waals surface area contributed by atoms with Crippen LogP contribution in [-0.2, 0) is 0 Å². The van der Waals surface area contributed by atoms with Crippen molar-refractivity contribution in [2.75, 3.05) is 7.11 Å². The second-order valence-electron chi connectivity index (χ2n) is 3.78. The standard InChI is InChI=1S/C12H12N2O4/c1-6-3-4-7(10(15)11(6)18-2)8-5-9(12(16)17)14-13-8/h3-5,15H,1-2H3,(H,13,14)(H,16,17). The summed E-state index contributed by atoms with van der Waals surface area (Å²) in [6, 6.07) is 4.78. The van der Waals surface area contributed by atoms with Crippen molar-refractivity contribution in [2.45, 2.75) is 6.92 Å². The molecule has 94 valence electrons. The minimum Gasteiger partial charge on any atom is -0.504 e. The summed E-state index contributed by atoms with van der Waals surface area (Å²) in [4.78, 5) is 10.7. The number of phenols is 1. The van der Waals surface area contributed by atoms with Gasteiger partial charge in [0.1, 0.15) is 5.69 Å². The third-order valence-electron chi connectivity index (χ3n) is 2.62. The average molecular weight is 248 g/mol. The van der Waals surface area contributed by atoms with E-state index in [1.807, 2.05) is 0 Å².